The molecule has 0 saturated heterocycles. The van der Waals surface area contributed by atoms with Crippen LogP contribution >= 0.6 is 0 Å². The average Bonchev–Trinajstić information content (AvgIpc) is 3.19. The Bertz CT molecular complexity index is 529. The fourth-order valence-corrected chi connectivity index (χ4v) is 2.77. The van der Waals surface area contributed by atoms with Crippen LogP contribution in [-0.2, 0) is 14.9 Å². The van der Waals surface area contributed by atoms with Gasteiger partial charge in [-0.25, -0.2) is 4.79 Å². The quantitative estimate of drug-likeness (QED) is 0.866. The molecule has 1 aliphatic rings. The first-order valence-corrected chi connectivity index (χ1v) is 7.25. The second kappa shape index (κ2) is 5.17. The zero-order valence-electron chi connectivity index (χ0n) is 13.1. The molecule has 0 aromatic heterocycles. The molecule has 0 aliphatic heterocycles. The van der Waals surface area contributed by atoms with Gasteiger partial charge in [-0.1, -0.05) is 30.3 Å². The summed E-state index contributed by atoms with van der Waals surface area (Å²) in [6.07, 6.45) is 2.03. The average molecular weight is 289 g/mol. The summed E-state index contributed by atoms with van der Waals surface area (Å²) in [7, 11) is 0. The van der Waals surface area contributed by atoms with E-state index in [0.717, 1.165) is 24.7 Å². The van der Waals surface area contributed by atoms with Crippen molar-refractivity contribution >= 4 is 12.4 Å². The van der Waals surface area contributed by atoms with Crippen LogP contribution in [0.4, 0.5) is 4.79 Å². The van der Waals surface area contributed by atoms with Crippen LogP contribution in [0.3, 0.4) is 0 Å². The van der Waals surface area contributed by atoms with E-state index in [9.17, 15) is 9.59 Å². The van der Waals surface area contributed by atoms with E-state index in [1.165, 1.54) is 0 Å². The summed E-state index contributed by atoms with van der Waals surface area (Å²) in [5.74, 6) is 0. The Morgan fingerprint density at radius 2 is 1.76 bits per heavy atom. The van der Waals surface area contributed by atoms with E-state index >= 15 is 0 Å². The van der Waals surface area contributed by atoms with Crippen molar-refractivity contribution in [3.8, 4) is 0 Å². The van der Waals surface area contributed by atoms with Crippen LogP contribution in [-0.4, -0.2) is 23.5 Å². The molecule has 1 N–H and O–H groups in total. The Hall–Kier alpha value is -1.84. The monoisotopic (exact) mass is 289 g/mol. The Labute approximate surface area is 125 Å². The van der Waals surface area contributed by atoms with E-state index in [4.69, 9.17) is 4.74 Å². The largest absolute Gasteiger partial charge is 0.444 e. The second-order valence-corrected chi connectivity index (χ2v) is 6.90. The van der Waals surface area contributed by atoms with E-state index in [1.807, 2.05) is 30.3 Å². The molecule has 1 aliphatic carbocycles. The number of hydrogen-bond acceptors (Lipinski definition) is 3. The van der Waals surface area contributed by atoms with Crippen molar-refractivity contribution in [2.24, 2.45) is 0 Å². The van der Waals surface area contributed by atoms with Crippen molar-refractivity contribution in [2.45, 2.75) is 57.1 Å². The third-order valence-corrected chi connectivity index (χ3v) is 4.07. The lowest BCUT2D eigenvalue weighted by Gasteiger charge is -2.35. The number of rotatable bonds is 4. The number of nitrogens with one attached hydrogen (secondary N) is 1. The van der Waals surface area contributed by atoms with Gasteiger partial charge in [0, 0.05) is 5.41 Å². The molecular formula is C17H23NO3. The molecule has 4 nitrogen and oxygen atoms in total. The molecule has 0 bridgehead atoms. The molecule has 0 radical (unpaired) electrons. The summed E-state index contributed by atoms with van der Waals surface area (Å²) in [6.45, 7) is 7.17. The zero-order chi connectivity index (χ0) is 15.7. The lowest BCUT2D eigenvalue weighted by atomic mass is 9.78. The molecule has 2 rings (SSSR count). The molecule has 4 heteroatoms. The van der Waals surface area contributed by atoms with Gasteiger partial charge in [0.15, 0.2) is 0 Å². The van der Waals surface area contributed by atoms with Crippen molar-refractivity contribution in [1.29, 1.82) is 0 Å². The molecule has 1 aromatic carbocycles. The van der Waals surface area contributed by atoms with Gasteiger partial charge in [0.05, 0.1) is 0 Å². The standard InChI is InChI=1S/C17H23NO3/c1-15(2,3)21-14(20)18-16(4,12-19)17(10-11-17)13-8-6-5-7-9-13/h5-9,12H,10-11H2,1-4H3,(H,18,20). The predicted molar refractivity (Wildman–Crippen MR) is 81.2 cm³/mol. The third kappa shape index (κ3) is 3.09. The second-order valence-electron chi connectivity index (χ2n) is 6.90. The van der Waals surface area contributed by atoms with Crippen LogP contribution in [0.25, 0.3) is 0 Å². The molecule has 1 fully saturated rings. The number of carbonyl (C=O) groups excluding carboxylic acids is 2. The molecule has 1 unspecified atom stereocenters. The van der Waals surface area contributed by atoms with Gasteiger partial charge < -0.3 is 14.8 Å². The number of alkyl carbamates (subject to hydrolysis) is 1. The van der Waals surface area contributed by atoms with Gasteiger partial charge in [-0.15, -0.1) is 0 Å². The maximum Gasteiger partial charge on any atom is 0.408 e. The summed E-state index contributed by atoms with van der Waals surface area (Å²) >= 11 is 0. The Balaban J connectivity index is 2.22. The SMILES string of the molecule is CC(C)(C)OC(=O)NC(C)(C=O)C1(c2ccccc2)CC1. The van der Waals surface area contributed by atoms with Crippen LogP contribution in [0.15, 0.2) is 30.3 Å². The predicted octanol–water partition coefficient (Wildman–Crippen LogP) is 3.20. The van der Waals surface area contributed by atoms with E-state index in [-0.39, 0.29) is 5.41 Å². The fourth-order valence-electron chi connectivity index (χ4n) is 2.77. The molecule has 114 valence electrons. The topological polar surface area (TPSA) is 55.4 Å². The summed E-state index contributed by atoms with van der Waals surface area (Å²) in [4.78, 5) is 23.8. The molecule has 0 heterocycles. The summed E-state index contributed by atoms with van der Waals surface area (Å²) < 4.78 is 5.29. The highest BCUT2D eigenvalue weighted by molar-refractivity contribution is 5.79. The maximum atomic E-state index is 12.0. The normalized spacial score (nSPS) is 19.2. The Kier molecular flexibility index (Phi) is 3.83. The fraction of sp³-hybridized carbons (Fsp3) is 0.529. The van der Waals surface area contributed by atoms with Crippen LogP contribution in [0.2, 0.25) is 0 Å². The number of benzene rings is 1. The van der Waals surface area contributed by atoms with E-state index in [1.54, 1.807) is 27.7 Å². The Morgan fingerprint density at radius 3 is 2.19 bits per heavy atom. The summed E-state index contributed by atoms with van der Waals surface area (Å²) in [5, 5.41) is 2.77. The van der Waals surface area contributed by atoms with Crippen LogP contribution < -0.4 is 5.32 Å². The Morgan fingerprint density at radius 1 is 1.19 bits per heavy atom. The van der Waals surface area contributed by atoms with E-state index < -0.39 is 17.2 Å². The smallest absolute Gasteiger partial charge is 0.408 e. The molecular weight excluding hydrogens is 266 g/mol. The van der Waals surface area contributed by atoms with Crippen molar-refractivity contribution < 1.29 is 14.3 Å². The minimum absolute atomic E-state index is 0.326. The van der Waals surface area contributed by atoms with Crippen molar-refractivity contribution in [3.63, 3.8) is 0 Å². The highest BCUT2D eigenvalue weighted by Crippen LogP contribution is 2.55. The number of amides is 1. The zero-order valence-corrected chi connectivity index (χ0v) is 13.1. The van der Waals surface area contributed by atoms with Gasteiger partial charge in [-0.2, -0.15) is 0 Å². The summed E-state index contributed by atoms with van der Waals surface area (Å²) in [5.41, 5.74) is -0.795. The molecule has 1 amide bonds. The van der Waals surface area contributed by atoms with Crippen LogP contribution in [0.1, 0.15) is 46.1 Å². The molecule has 1 aromatic rings. The molecule has 1 atom stereocenters. The highest BCUT2D eigenvalue weighted by Gasteiger charge is 2.59. The number of aldehydes is 1. The minimum Gasteiger partial charge on any atom is -0.444 e. The molecule has 1 saturated carbocycles. The van der Waals surface area contributed by atoms with Crippen molar-refractivity contribution in [3.05, 3.63) is 35.9 Å². The number of ether oxygens (including phenoxy) is 1. The lowest BCUT2D eigenvalue weighted by Crippen LogP contribution is -2.56. The van der Waals surface area contributed by atoms with Crippen LogP contribution in [0, 0.1) is 0 Å². The highest BCUT2D eigenvalue weighted by atomic mass is 16.6. The van der Waals surface area contributed by atoms with Gasteiger partial charge in [0.2, 0.25) is 0 Å². The summed E-state index contributed by atoms with van der Waals surface area (Å²) in [6, 6.07) is 9.86. The van der Waals surface area contributed by atoms with Crippen molar-refractivity contribution in [2.75, 3.05) is 0 Å². The van der Waals surface area contributed by atoms with Crippen LogP contribution in [0.5, 0.6) is 0 Å². The molecule has 21 heavy (non-hydrogen) atoms. The van der Waals surface area contributed by atoms with Gasteiger partial charge in [-0.3, -0.25) is 0 Å². The first-order valence-electron chi connectivity index (χ1n) is 7.25. The van der Waals surface area contributed by atoms with E-state index in [0.29, 0.717) is 0 Å². The third-order valence-electron chi connectivity index (χ3n) is 4.07. The van der Waals surface area contributed by atoms with Crippen molar-refractivity contribution in [1.82, 2.24) is 5.32 Å². The number of carbonyl (C=O) groups is 2. The van der Waals surface area contributed by atoms with Gasteiger partial charge in [0.25, 0.3) is 0 Å². The first kappa shape index (κ1) is 15.5. The van der Waals surface area contributed by atoms with E-state index in [2.05, 4.69) is 5.32 Å². The first-order chi connectivity index (χ1) is 9.72. The van der Waals surface area contributed by atoms with Gasteiger partial charge in [0.1, 0.15) is 17.4 Å². The maximum absolute atomic E-state index is 12.0. The molecule has 0 spiro atoms. The lowest BCUT2D eigenvalue weighted by molar-refractivity contribution is -0.114. The number of hydrogen-bond donors (Lipinski definition) is 1. The van der Waals surface area contributed by atoms with Gasteiger partial charge >= 0.3 is 6.09 Å². The van der Waals surface area contributed by atoms with Gasteiger partial charge in [-0.05, 0) is 46.1 Å². The minimum atomic E-state index is -0.962.